The monoisotopic (exact) mass is 324 g/mol. The maximum Gasteiger partial charge on any atom is 0.132 e. The van der Waals surface area contributed by atoms with E-state index in [0.29, 0.717) is 12.1 Å². The summed E-state index contributed by atoms with van der Waals surface area (Å²) >= 11 is 0. The van der Waals surface area contributed by atoms with Crippen molar-refractivity contribution in [2.24, 2.45) is 0 Å². The van der Waals surface area contributed by atoms with E-state index in [4.69, 9.17) is 0 Å². The largest absolute Gasteiger partial charge is 0.350 e. The molecule has 2 fully saturated rings. The van der Waals surface area contributed by atoms with Crippen molar-refractivity contribution in [3.63, 3.8) is 0 Å². The van der Waals surface area contributed by atoms with Gasteiger partial charge in [0.2, 0.25) is 0 Å². The first-order valence-electron chi connectivity index (χ1n) is 8.84. The number of piperidine rings is 1. The molecule has 2 aromatic rings. The van der Waals surface area contributed by atoms with Crippen LogP contribution < -0.4 is 4.90 Å². The van der Waals surface area contributed by atoms with E-state index in [9.17, 15) is 0 Å². The van der Waals surface area contributed by atoms with E-state index in [-0.39, 0.29) is 0 Å². The summed E-state index contributed by atoms with van der Waals surface area (Å²) in [5.74, 6) is 1.09. The van der Waals surface area contributed by atoms with Gasteiger partial charge in [0.05, 0.1) is 11.4 Å². The Labute approximate surface area is 143 Å². The lowest BCUT2D eigenvalue weighted by molar-refractivity contribution is 0.198. The standard InChI is InChI=1S/C18H24N6/c1-14-10-21-15(11-20-14)12-23-8-5-17(6-9-23)24(16-2-3-16)18-4-7-19-13-22-18/h4,7,10-11,13,16-17H,2-3,5-6,8-9,12H2,1H3. The summed E-state index contributed by atoms with van der Waals surface area (Å²) in [6.45, 7) is 5.09. The van der Waals surface area contributed by atoms with Crippen LogP contribution in [-0.2, 0) is 6.54 Å². The van der Waals surface area contributed by atoms with Crippen LogP contribution in [0.1, 0.15) is 37.1 Å². The number of aryl methyl sites for hydroxylation is 1. The first-order chi connectivity index (χ1) is 11.8. The zero-order valence-corrected chi connectivity index (χ0v) is 14.2. The molecule has 0 atom stereocenters. The SMILES string of the molecule is Cc1cnc(CN2CCC(N(c3ccncn3)C3CC3)CC2)cn1. The fraction of sp³-hybridized carbons (Fsp3) is 0.556. The normalized spacial score (nSPS) is 19.4. The highest BCUT2D eigenvalue weighted by atomic mass is 15.3. The number of nitrogens with zero attached hydrogens (tertiary/aromatic N) is 6. The third-order valence-electron chi connectivity index (χ3n) is 4.94. The molecule has 0 unspecified atom stereocenters. The predicted molar refractivity (Wildman–Crippen MR) is 92.6 cm³/mol. The Hall–Kier alpha value is -2.08. The maximum absolute atomic E-state index is 4.49. The van der Waals surface area contributed by atoms with E-state index >= 15 is 0 Å². The molecule has 2 aromatic heterocycles. The summed E-state index contributed by atoms with van der Waals surface area (Å²) < 4.78 is 0. The van der Waals surface area contributed by atoms with Gasteiger partial charge in [-0.3, -0.25) is 14.9 Å². The van der Waals surface area contributed by atoms with Crippen LogP contribution in [-0.4, -0.2) is 50.0 Å². The van der Waals surface area contributed by atoms with Gasteiger partial charge in [-0.25, -0.2) is 9.97 Å². The van der Waals surface area contributed by atoms with Gasteiger partial charge in [-0.15, -0.1) is 0 Å². The van der Waals surface area contributed by atoms with Gasteiger partial charge in [0.15, 0.2) is 0 Å². The fourth-order valence-electron chi connectivity index (χ4n) is 3.55. The lowest BCUT2D eigenvalue weighted by Gasteiger charge is -2.39. The number of hydrogen-bond donors (Lipinski definition) is 0. The van der Waals surface area contributed by atoms with Crippen molar-refractivity contribution in [1.82, 2.24) is 24.8 Å². The molecule has 0 bridgehead atoms. The molecule has 3 heterocycles. The van der Waals surface area contributed by atoms with Crippen molar-refractivity contribution in [2.45, 2.75) is 51.2 Å². The van der Waals surface area contributed by atoms with Gasteiger partial charge in [0.1, 0.15) is 12.1 Å². The molecular formula is C18H24N6. The number of likely N-dealkylation sites (tertiary alicyclic amines) is 1. The molecule has 0 aromatic carbocycles. The van der Waals surface area contributed by atoms with Crippen molar-refractivity contribution >= 4 is 5.82 Å². The Morgan fingerprint density at radius 3 is 2.46 bits per heavy atom. The molecule has 1 aliphatic heterocycles. The summed E-state index contributed by atoms with van der Waals surface area (Å²) in [7, 11) is 0. The fourth-order valence-corrected chi connectivity index (χ4v) is 3.55. The number of hydrogen-bond acceptors (Lipinski definition) is 6. The molecule has 0 N–H and O–H groups in total. The van der Waals surface area contributed by atoms with Gasteiger partial charge >= 0.3 is 0 Å². The third-order valence-corrected chi connectivity index (χ3v) is 4.94. The van der Waals surface area contributed by atoms with Crippen LogP contribution in [0, 0.1) is 6.92 Å². The van der Waals surface area contributed by atoms with Crippen LogP contribution in [0.3, 0.4) is 0 Å². The van der Waals surface area contributed by atoms with Crippen LogP contribution in [0.15, 0.2) is 31.0 Å². The van der Waals surface area contributed by atoms with Crippen molar-refractivity contribution in [2.75, 3.05) is 18.0 Å². The van der Waals surface area contributed by atoms with Crippen molar-refractivity contribution in [3.05, 3.63) is 42.4 Å². The Bertz CT molecular complexity index is 647. The van der Waals surface area contributed by atoms with Crippen molar-refractivity contribution in [1.29, 1.82) is 0 Å². The van der Waals surface area contributed by atoms with E-state index in [2.05, 4.69) is 29.7 Å². The summed E-state index contributed by atoms with van der Waals surface area (Å²) in [6, 6.07) is 3.32. The lowest BCUT2D eigenvalue weighted by Crippen LogP contribution is -2.46. The zero-order chi connectivity index (χ0) is 16.4. The summed E-state index contributed by atoms with van der Waals surface area (Å²) in [5.41, 5.74) is 2.04. The summed E-state index contributed by atoms with van der Waals surface area (Å²) in [5, 5.41) is 0. The molecule has 6 heteroatoms. The quantitative estimate of drug-likeness (QED) is 0.840. The van der Waals surface area contributed by atoms with E-state index < -0.39 is 0 Å². The second-order valence-corrected chi connectivity index (χ2v) is 6.86. The number of rotatable bonds is 5. The Morgan fingerprint density at radius 1 is 1.04 bits per heavy atom. The molecule has 1 saturated carbocycles. The average Bonchev–Trinajstić information content (AvgIpc) is 3.45. The van der Waals surface area contributed by atoms with Gasteiger partial charge < -0.3 is 4.90 Å². The molecule has 0 amide bonds. The number of aromatic nitrogens is 4. The predicted octanol–water partition coefficient (Wildman–Crippen LogP) is 2.21. The van der Waals surface area contributed by atoms with E-state index in [0.717, 1.165) is 36.8 Å². The highest BCUT2D eigenvalue weighted by Crippen LogP contribution is 2.35. The smallest absolute Gasteiger partial charge is 0.132 e. The van der Waals surface area contributed by atoms with Crippen LogP contribution in [0.5, 0.6) is 0 Å². The van der Waals surface area contributed by atoms with Crippen molar-refractivity contribution in [3.8, 4) is 0 Å². The minimum absolute atomic E-state index is 0.591. The lowest BCUT2D eigenvalue weighted by atomic mass is 10.0. The van der Waals surface area contributed by atoms with Crippen molar-refractivity contribution < 1.29 is 0 Å². The van der Waals surface area contributed by atoms with Gasteiger partial charge in [-0.2, -0.15) is 0 Å². The molecule has 0 spiro atoms. The summed E-state index contributed by atoms with van der Waals surface area (Å²) in [4.78, 5) is 22.4. The molecule has 24 heavy (non-hydrogen) atoms. The van der Waals surface area contributed by atoms with Crippen LogP contribution in [0.2, 0.25) is 0 Å². The van der Waals surface area contributed by atoms with E-state index in [1.54, 1.807) is 6.33 Å². The molecule has 6 nitrogen and oxygen atoms in total. The average molecular weight is 324 g/mol. The Morgan fingerprint density at radius 2 is 1.83 bits per heavy atom. The van der Waals surface area contributed by atoms with E-state index in [1.165, 1.54) is 25.7 Å². The Kier molecular flexibility index (Phi) is 4.38. The molecular weight excluding hydrogens is 300 g/mol. The first kappa shape index (κ1) is 15.4. The Balaban J connectivity index is 1.37. The molecule has 1 saturated heterocycles. The molecule has 126 valence electrons. The van der Waals surface area contributed by atoms with Gasteiger partial charge in [-0.05, 0) is 38.7 Å². The minimum atomic E-state index is 0.591. The summed E-state index contributed by atoms with van der Waals surface area (Å²) in [6.07, 6.45) is 12.2. The first-order valence-corrected chi connectivity index (χ1v) is 8.84. The van der Waals surface area contributed by atoms with Crippen LogP contribution in [0.4, 0.5) is 5.82 Å². The maximum atomic E-state index is 4.49. The molecule has 2 aliphatic rings. The zero-order valence-electron chi connectivity index (χ0n) is 14.2. The minimum Gasteiger partial charge on any atom is -0.350 e. The third kappa shape index (κ3) is 3.53. The number of anilines is 1. The highest BCUT2D eigenvalue weighted by molar-refractivity contribution is 5.41. The molecule has 4 rings (SSSR count). The van der Waals surface area contributed by atoms with Crippen LogP contribution >= 0.6 is 0 Å². The molecule has 1 aliphatic carbocycles. The topological polar surface area (TPSA) is 58.0 Å². The second kappa shape index (κ2) is 6.81. The van der Waals surface area contributed by atoms with Gasteiger partial charge in [0.25, 0.3) is 0 Å². The van der Waals surface area contributed by atoms with E-state index in [1.807, 2.05) is 31.6 Å². The van der Waals surface area contributed by atoms with Gasteiger partial charge in [-0.1, -0.05) is 0 Å². The highest BCUT2D eigenvalue weighted by Gasteiger charge is 2.36. The second-order valence-electron chi connectivity index (χ2n) is 6.86. The van der Waals surface area contributed by atoms with Crippen LogP contribution in [0.25, 0.3) is 0 Å². The molecule has 0 radical (unpaired) electrons. The van der Waals surface area contributed by atoms with Gasteiger partial charge in [0, 0.05) is 50.3 Å².